The summed E-state index contributed by atoms with van der Waals surface area (Å²) in [7, 11) is 7.04. The third-order valence-electron chi connectivity index (χ3n) is 6.32. The number of nitrogens with zero attached hydrogens (tertiary/aromatic N) is 2. The van der Waals surface area contributed by atoms with E-state index >= 15 is 0 Å². The molecule has 1 aromatic heterocycles. The van der Waals surface area contributed by atoms with Gasteiger partial charge in [0.1, 0.15) is 0 Å². The lowest BCUT2D eigenvalue weighted by atomic mass is 10.1. The molecule has 0 atom stereocenters. The molecule has 0 aliphatic carbocycles. The van der Waals surface area contributed by atoms with E-state index in [2.05, 4.69) is 28.3 Å². The van der Waals surface area contributed by atoms with Crippen LogP contribution in [0.25, 0.3) is 17.2 Å². The minimum atomic E-state index is 0.0454. The quantitative estimate of drug-likeness (QED) is 0.278. The lowest BCUT2D eigenvalue weighted by Crippen LogP contribution is -2.26. The SMILES string of the molecule is COc1ccc(-c2ccc(C=CCC(=O)NCCCCN(C)CCc3ccc(OC)c(OC)c3)cc2)cn1. The van der Waals surface area contributed by atoms with Gasteiger partial charge in [0.05, 0.1) is 21.3 Å². The highest BCUT2D eigenvalue weighted by Crippen LogP contribution is 2.27. The molecule has 7 heteroatoms. The first-order valence-electron chi connectivity index (χ1n) is 13.0. The summed E-state index contributed by atoms with van der Waals surface area (Å²) < 4.78 is 15.8. The molecule has 0 saturated heterocycles. The van der Waals surface area contributed by atoms with Crippen LogP contribution in [-0.4, -0.2) is 63.8 Å². The molecule has 202 valence electrons. The van der Waals surface area contributed by atoms with Crippen molar-refractivity contribution in [3.05, 3.63) is 78.0 Å². The Balaban J connectivity index is 1.28. The molecular weight excluding hydrogens is 478 g/mol. The molecule has 0 aliphatic heterocycles. The van der Waals surface area contributed by atoms with Gasteiger partial charge in [-0.1, -0.05) is 42.5 Å². The normalized spacial score (nSPS) is 11.1. The third-order valence-corrected chi connectivity index (χ3v) is 6.32. The van der Waals surface area contributed by atoms with Crippen molar-refractivity contribution in [1.82, 2.24) is 15.2 Å². The topological polar surface area (TPSA) is 72.9 Å². The summed E-state index contributed by atoms with van der Waals surface area (Å²) >= 11 is 0. The van der Waals surface area contributed by atoms with Crippen LogP contribution in [0.3, 0.4) is 0 Å². The van der Waals surface area contributed by atoms with Gasteiger partial charge in [-0.2, -0.15) is 0 Å². The van der Waals surface area contributed by atoms with Crippen molar-refractivity contribution in [2.75, 3.05) is 48.0 Å². The first-order valence-corrected chi connectivity index (χ1v) is 13.0. The minimum Gasteiger partial charge on any atom is -0.493 e. The van der Waals surface area contributed by atoms with Crippen molar-refractivity contribution in [2.24, 2.45) is 0 Å². The first-order chi connectivity index (χ1) is 18.5. The summed E-state index contributed by atoms with van der Waals surface area (Å²) in [5, 5.41) is 3.01. The number of rotatable bonds is 15. The number of pyridine rings is 1. The maximum absolute atomic E-state index is 12.2. The Hall–Kier alpha value is -3.84. The summed E-state index contributed by atoms with van der Waals surface area (Å²) in [5.41, 5.74) is 4.39. The molecule has 7 nitrogen and oxygen atoms in total. The zero-order valence-electron chi connectivity index (χ0n) is 22.9. The molecule has 0 bridgehead atoms. The fourth-order valence-corrected chi connectivity index (χ4v) is 4.04. The van der Waals surface area contributed by atoms with E-state index in [0.717, 1.165) is 60.5 Å². The largest absolute Gasteiger partial charge is 0.493 e. The molecule has 1 N–H and O–H groups in total. The number of amides is 1. The smallest absolute Gasteiger partial charge is 0.223 e. The van der Waals surface area contributed by atoms with E-state index in [4.69, 9.17) is 14.2 Å². The lowest BCUT2D eigenvalue weighted by Gasteiger charge is -2.17. The van der Waals surface area contributed by atoms with Crippen LogP contribution in [0.15, 0.2) is 66.9 Å². The van der Waals surface area contributed by atoms with Crippen molar-refractivity contribution >= 4 is 12.0 Å². The highest BCUT2D eigenvalue weighted by Gasteiger charge is 2.06. The molecule has 0 unspecified atom stereocenters. The Morgan fingerprint density at radius 1 is 0.895 bits per heavy atom. The molecule has 0 aliphatic rings. The van der Waals surface area contributed by atoms with Gasteiger partial charge in [-0.15, -0.1) is 0 Å². The highest BCUT2D eigenvalue weighted by molar-refractivity contribution is 5.78. The molecule has 38 heavy (non-hydrogen) atoms. The van der Waals surface area contributed by atoms with Gasteiger partial charge in [0.25, 0.3) is 0 Å². The number of benzene rings is 2. The molecular formula is C31H39N3O4. The number of ether oxygens (including phenoxy) is 3. The number of aromatic nitrogens is 1. The summed E-state index contributed by atoms with van der Waals surface area (Å²) in [5.74, 6) is 2.16. The van der Waals surface area contributed by atoms with Crippen LogP contribution < -0.4 is 19.5 Å². The maximum atomic E-state index is 12.2. The Kier molecular flexibility index (Phi) is 11.7. The van der Waals surface area contributed by atoms with Crippen molar-refractivity contribution in [3.63, 3.8) is 0 Å². The molecule has 3 rings (SSSR count). The van der Waals surface area contributed by atoms with Gasteiger partial charge in [-0.3, -0.25) is 4.79 Å². The number of carbonyl (C=O) groups excluding carboxylic acids is 1. The first kappa shape index (κ1) is 28.7. The summed E-state index contributed by atoms with van der Waals surface area (Å²) in [6, 6.07) is 18.1. The van der Waals surface area contributed by atoms with E-state index in [1.807, 2.05) is 60.7 Å². The Labute approximate surface area is 226 Å². The average Bonchev–Trinajstić information content (AvgIpc) is 2.96. The number of carbonyl (C=O) groups is 1. The van der Waals surface area contributed by atoms with Crippen molar-refractivity contribution in [1.29, 1.82) is 0 Å². The number of nitrogens with one attached hydrogen (secondary N) is 1. The number of hydrogen-bond donors (Lipinski definition) is 1. The van der Waals surface area contributed by atoms with Crippen LogP contribution in [-0.2, 0) is 11.2 Å². The summed E-state index contributed by atoms with van der Waals surface area (Å²) in [6.45, 7) is 2.65. The molecule has 0 fully saturated rings. The van der Waals surface area contributed by atoms with Gasteiger partial charge in [0.15, 0.2) is 11.5 Å². The summed E-state index contributed by atoms with van der Waals surface area (Å²) in [4.78, 5) is 18.7. The predicted molar refractivity (Wildman–Crippen MR) is 153 cm³/mol. The number of hydrogen-bond acceptors (Lipinski definition) is 6. The van der Waals surface area contributed by atoms with Gasteiger partial charge < -0.3 is 24.4 Å². The molecule has 3 aromatic rings. The van der Waals surface area contributed by atoms with Crippen molar-refractivity contribution in [3.8, 4) is 28.5 Å². The van der Waals surface area contributed by atoms with E-state index in [9.17, 15) is 4.79 Å². The van der Waals surface area contributed by atoms with E-state index < -0.39 is 0 Å². The van der Waals surface area contributed by atoms with Crippen LogP contribution in [0.1, 0.15) is 30.4 Å². The number of unbranched alkanes of at least 4 members (excludes halogenated alkanes) is 1. The van der Waals surface area contributed by atoms with Crippen LogP contribution in [0.2, 0.25) is 0 Å². The maximum Gasteiger partial charge on any atom is 0.223 e. The Morgan fingerprint density at radius 2 is 1.66 bits per heavy atom. The molecule has 1 amide bonds. The van der Waals surface area contributed by atoms with Crippen LogP contribution in [0, 0.1) is 0 Å². The Bertz CT molecular complexity index is 1160. The molecule has 0 radical (unpaired) electrons. The molecule has 0 spiro atoms. The predicted octanol–water partition coefficient (Wildman–Crippen LogP) is 5.25. The average molecular weight is 518 g/mol. The second-order valence-electron chi connectivity index (χ2n) is 9.12. The van der Waals surface area contributed by atoms with Crippen LogP contribution in [0.5, 0.6) is 17.4 Å². The monoisotopic (exact) mass is 517 g/mol. The van der Waals surface area contributed by atoms with E-state index in [0.29, 0.717) is 18.8 Å². The Morgan fingerprint density at radius 3 is 2.34 bits per heavy atom. The fraction of sp³-hybridized carbons (Fsp3) is 0.355. The number of likely N-dealkylation sites (N-methyl/N-ethyl adjacent to an activating group) is 1. The molecule has 0 saturated carbocycles. The van der Waals surface area contributed by atoms with Gasteiger partial charge >= 0.3 is 0 Å². The van der Waals surface area contributed by atoms with Gasteiger partial charge in [0.2, 0.25) is 11.8 Å². The second-order valence-corrected chi connectivity index (χ2v) is 9.12. The third kappa shape index (κ3) is 9.23. The van der Waals surface area contributed by atoms with Crippen LogP contribution in [0.4, 0.5) is 0 Å². The highest BCUT2D eigenvalue weighted by atomic mass is 16.5. The fourth-order valence-electron chi connectivity index (χ4n) is 4.04. The van der Waals surface area contributed by atoms with Gasteiger partial charge in [-0.05, 0) is 67.7 Å². The van der Waals surface area contributed by atoms with E-state index in [1.54, 1.807) is 27.5 Å². The lowest BCUT2D eigenvalue weighted by molar-refractivity contribution is -0.120. The van der Waals surface area contributed by atoms with Crippen molar-refractivity contribution in [2.45, 2.75) is 25.7 Å². The minimum absolute atomic E-state index is 0.0454. The molecule has 2 aromatic carbocycles. The zero-order valence-corrected chi connectivity index (χ0v) is 22.9. The summed E-state index contributed by atoms with van der Waals surface area (Å²) in [6.07, 6.45) is 8.99. The van der Waals surface area contributed by atoms with Gasteiger partial charge in [-0.25, -0.2) is 4.98 Å². The van der Waals surface area contributed by atoms with Crippen molar-refractivity contribution < 1.29 is 19.0 Å². The second kappa shape index (κ2) is 15.4. The van der Waals surface area contributed by atoms with E-state index in [1.165, 1.54) is 5.56 Å². The van der Waals surface area contributed by atoms with Crippen LogP contribution >= 0.6 is 0 Å². The standard InChI is InChI=1S/C31H39N3O4/c1-34(21-18-25-12-16-28(36-2)29(22-25)37-3)20-6-5-19-32-30(35)9-7-8-24-10-13-26(14-11-24)27-15-17-31(38-4)33-23-27/h7-8,10-17,22-23H,5-6,9,18-21H2,1-4H3,(H,32,35). The number of methoxy groups -OCH3 is 3. The zero-order chi connectivity index (χ0) is 27.2. The molecule has 1 heterocycles. The van der Waals surface area contributed by atoms with E-state index in [-0.39, 0.29) is 5.91 Å². The van der Waals surface area contributed by atoms with Gasteiger partial charge in [0, 0.05) is 37.3 Å².